The quantitative estimate of drug-likeness (QED) is 0.447. The van der Waals surface area contributed by atoms with Gasteiger partial charge in [0.25, 0.3) is 0 Å². The van der Waals surface area contributed by atoms with Gasteiger partial charge in [-0.05, 0) is 46.0 Å². The van der Waals surface area contributed by atoms with E-state index in [0.29, 0.717) is 0 Å². The summed E-state index contributed by atoms with van der Waals surface area (Å²) in [4.78, 5) is 0. The molecular formula is C23H19N. The van der Waals surface area contributed by atoms with Gasteiger partial charge in [-0.1, -0.05) is 78.9 Å². The zero-order valence-electron chi connectivity index (χ0n) is 13.7. The van der Waals surface area contributed by atoms with E-state index >= 15 is 0 Å². The van der Waals surface area contributed by atoms with E-state index in [1.54, 1.807) is 0 Å². The van der Waals surface area contributed by atoms with E-state index in [2.05, 4.69) is 85.8 Å². The Hall–Kier alpha value is -3.06. The van der Waals surface area contributed by atoms with Crippen LogP contribution in [0.3, 0.4) is 0 Å². The Bertz CT molecular complexity index is 1020. The molecule has 0 aliphatic carbocycles. The average Bonchev–Trinajstić information content (AvgIpc) is 2.62. The van der Waals surface area contributed by atoms with Crippen LogP contribution < -0.4 is 5.73 Å². The fourth-order valence-electron chi connectivity index (χ4n) is 3.42. The molecule has 1 heteroatoms. The minimum atomic E-state index is 0.818. The van der Waals surface area contributed by atoms with Crippen molar-refractivity contribution in [3.63, 3.8) is 0 Å². The van der Waals surface area contributed by atoms with Gasteiger partial charge in [0, 0.05) is 11.3 Å². The lowest BCUT2D eigenvalue weighted by molar-refractivity contribution is 1.46. The number of nitrogen functional groups attached to an aromatic ring is 1. The van der Waals surface area contributed by atoms with Gasteiger partial charge in [0.2, 0.25) is 0 Å². The van der Waals surface area contributed by atoms with E-state index in [1.165, 1.54) is 27.5 Å². The van der Waals surface area contributed by atoms with Gasteiger partial charge in [-0.15, -0.1) is 0 Å². The first-order valence-electron chi connectivity index (χ1n) is 8.18. The average molecular weight is 309 g/mol. The Morgan fingerprint density at radius 2 is 1.33 bits per heavy atom. The van der Waals surface area contributed by atoms with Crippen molar-refractivity contribution in [1.29, 1.82) is 0 Å². The van der Waals surface area contributed by atoms with Crippen LogP contribution in [0.5, 0.6) is 0 Å². The summed E-state index contributed by atoms with van der Waals surface area (Å²) >= 11 is 0. The molecule has 0 spiro atoms. The second-order valence-electron chi connectivity index (χ2n) is 6.12. The number of benzene rings is 4. The molecule has 0 heterocycles. The Morgan fingerprint density at radius 3 is 2.12 bits per heavy atom. The third-order valence-corrected chi connectivity index (χ3v) is 4.56. The SMILES string of the molecule is Cc1ccccc1-c1c(-c2ccccc2)c(N)cc2ccccc12. The highest BCUT2D eigenvalue weighted by Crippen LogP contribution is 2.42. The normalized spacial score (nSPS) is 10.9. The first-order chi connectivity index (χ1) is 11.8. The molecule has 0 aliphatic rings. The topological polar surface area (TPSA) is 26.0 Å². The zero-order chi connectivity index (χ0) is 16.5. The van der Waals surface area contributed by atoms with Gasteiger partial charge in [-0.25, -0.2) is 0 Å². The summed E-state index contributed by atoms with van der Waals surface area (Å²) in [5, 5.41) is 2.41. The third-order valence-electron chi connectivity index (χ3n) is 4.56. The molecule has 24 heavy (non-hydrogen) atoms. The second-order valence-corrected chi connectivity index (χ2v) is 6.12. The van der Waals surface area contributed by atoms with E-state index in [0.717, 1.165) is 16.8 Å². The Labute approximate surface area is 142 Å². The van der Waals surface area contributed by atoms with Crippen LogP contribution in [0.15, 0.2) is 84.9 Å². The van der Waals surface area contributed by atoms with E-state index < -0.39 is 0 Å². The highest BCUT2D eigenvalue weighted by atomic mass is 14.6. The summed E-state index contributed by atoms with van der Waals surface area (Å²) in [5.74, 6) is 0. The molecule has 0 fully saturated rings. The summed E-state index contributed by atoms with van der Waals surface area (Å²) in [6, 6.07) is 29.5. The molecule has 0 saturated carbocycles. The van der Waals surface area contributed by atoms with Gasteiger partial charge in [-0.3, -0.25) is 0 Å². The molecule has 0 bridgehead atoms. The molecule has 4 aromatic carbocycles. The fraction of sp³-hybridized carbons (Fsp3) is 0.0435. The predicted octanol–water partition coefficient (Wildman–Crippen LogP) is 6.06. The lowest BCUT2D eigenvalue weighted by atomic mass is 9.87. The maximum atomic E-state index is 6.51. The second kappa shape index (κ2) is 5.86. The number of fused-ring (bicyclic) bond motifs is 1. The molecule has 0 aliphatic heterocycles. The van der Waals surface area contributed by atoms with E-state index in [-0.39, 0.29) is 0 Å². The minimum absolute atomic E-state index is 0.818. The van der Waals surface area contributed by atoms with Crippen molar-refractivity contribution in [2.45, 2.75) is 6.92 Å². The molecule has 0 aromatic heterocycles. The van der Waals surface area contributed by atoms with Gasteiger partial charge >= 0.3 is 0 Å². The van der Waals surface area contributed by atoms with Gasteiger partial charge in [-0.2, -0.15) is 0 Å². The van der Waals surface area contributed by atoms with Crippen molar-refractivity contribution in [2.24, 2.45) is 0 Å². The summed E-state index contributed by atoms with van der Waals surface area (Å²) in [7, 11) is 0. The van der Waals surface area contributed by atoms with Crippen molar-refractivity contribution in [2.75, 3.05) is 5.73 Å². The van der Waals surface area contributed by atoms with Crippen molar-refractivity contribution < 1.29 is 0 Å². The van der Waals surface area contributed by atoms with Gasteiger partial charge in [0.1, 0.15) is 0 Å². The molecule has 0 saturated heterocycles. The molecule has 4 aromatic rings. The molecule has 0 unspecified atom stereocenters. The number of aryl methyl sites for hydroxylation is 1. The molecule has 2 N–H and O–H groups in total. The standard InChI is InChI=1S/C23H19N/c1-16-9-5-7-13-19(16)23-20-14-8-6-12-18(20)15-21(24)22(23)17-10-3-2-4-11-17/h2-15H,24H2,1H3. The Balaban J connectivity index is 2.18. The maximum Gasteiger partial charge on any atom is 0.0406 e. The van der Waals surface area contributed by atoms with Crippen LogP contribution in [-0.2, 0) is 0 Å². The number of rotatable bonds is 2. The lowest BCUT2D eigenvalue weighted by Crippen LogP contribution is -1.96. The first kappa shape index (κ1) is 14.5. The van der Waals surface area contributed by atoms with Crippen LogP contribution in [0, 0.1) is 6.92 Å². The number of hydrogen-bond donors (Lipinski definition) is 1. The zero-order valence-corrected chi connectivity index (χ0v) is 13.7. The largest absolute Gasteiger partial charge is 0.398 e. The smallest absolute Gasteiger partial charge is 0.0406 e. The van der Waals surface area contributed by atoms with Gasteiger partial charge in [0.05, 0.1) is 0 Å². The molecule has 116 valence electrons. The molecular weight excluding hydrogens is 290 g/mol. The first-order valence-corrected chi connectivity index (χ1v) is 8.18. The monoisotopic (exact) mass is 309 g/mol. The molecule has 0 radical (unpaired) electrons. The predicted molar refractivity (Wildman–Crippen MR) is 104 cm³/mol. The van der Waals surface area contributed by atoms with Crippen LogP contribution in [0.1, 0.15) is 5.56 Å². The Kier molecular flexibility index (Phi) is 3.55. The number of hydrogen-bond acceptors (Lipinski definition) is 1. The number of nitrogens with two attached hydrogens (primary N) is 1. The van der Waals surface area contributed by atoms with Gasteiger partial charge in [0.15, 0.2) is 0 Å². The van der Waals surface area contributed by atoms with Crippen LogP contribution in [0.4, 0.5) is 5.69 Å². The van der Waals surface area contributed by atoms with Crippen molar-refractivity contribution >= 4 is 16.5 Å². The summed E-state index contributed by atoms with van der Waals surface area (Å²) in [5.41, 5.74) is 13.3. The van der Waals surface area contributed by atoms with E-state index in [1.807, 2.05) is 6.07 Å². The summed E-state index contributed by atoms with van der Waals surface area (Å²) in [6.45, 7) is 2.15. The van der Waals surface area contributed by atoms with Crippen LogP contribution in [-0.4, -0.2) is 0 Å². The van der Waals surface area contributed by atoms with E-state index in [4.69, 9.17) is 5.73 Å². The Morgan fingerprint density at radius 1 is 0.667 bits per heavy atom. The van der Waals surface area contributed by atoms with Crippen molar-refractivity contribution in [3.8, 4) is 22.3 Å². The maximum absolute atomic E-state index is 6.51. The third kappa shape index (κ3) is 2.35. The highest BCUT2D eigenvalue weighted by Gasteiger charge is 2.16. The number of anilines is 1. The van der Waals surface area contributed by atoms with Crippen molar-refractivity contribution in [3.05, 3.63) is 90.5 Å². The van der Waals surface area contributed by atoms with E-state index in [9.17, 15) is 0 Å². The van der Waals surface area contributed by atoms with Gasteiger partial charge < -0.3 is 5.73 Å². The molecule has 0 amide bonds. The molecule has 1 nitrogen and oxygen atoms in total. The minimum Gasteiger partial charge on any atom is -0.398 e. The fourth-order valence-corrected chi connectivity index (χ4v) is 3.42. The summed E-state index contributed by atoms with van der Waals surface area (Å²) in [6.07, 6.45) is 0. The van der Waals surface area contributed by atoms with Crippen LogP contribution in [0.2, 0.25) is 0 Å². The lowest BCUT2D eigenvalue weighted by Gasteiger charge is -2.18. The van der Waals surface area contributed by atoms with Crippen LogP contribution >= 0.6 is 0 Å². The highest BCUT2D eigenvalue weighted by molar-refractivity contribution is 6.08. The molecule has 0 atom stereocenters. The van der Waals surface area contributed by atoms with Crippen molar-refractivity contribution in [1.82, 2.24) is 0 Å². The molecule has 4 rings (SSSR count). The van der Waals surface area contributed by atoms with Crippen LogP contribution in [0.25, 0.3) is 33.0 Å². The summed E-state index contributed by atoms with van der Waals surface area (Å²) < 4.78 is 0.